The molecule has 0 amide bonds. The maximum absolute atomic E-state index is 3.80. The molecule has 1 N–H and O–H groups in total. The maximum atomic E-state index is 3.80. The second-order valence-electron chi connectivity index (χ2n) is 8.25. The summed E-state index contributed by atoms with van der Waals surface area (Å²) >= 11 is 0. The predicted molar refractivity (Wildman–Crippen MR) is 139 cm³/mol. The Morgan fingerprint density at radius 2 is 0.875 bits per heavy atom. The molecule has 152 valence electrons. The third-order valence-electron chi connectivity index (χ3n) is 6.57. The Labute approximate surface area is 189 Å². The molecule has 2 heteroatoms. The Morgan fingerprint density at radius 1 is 0.406 bits per heavy atom. The summed E-state index contributed by atoms with van der Waals surface area (Å²) in [5, 5.41) is 8.14. The topological polar surface area (TPSA) is 15.8 Å². The molecule has 0 spiro atoms. The van der Waals surface area contributed by atoms with E-state index in [1.807, 2.05) is 0 Å². The van der Waals surface area contributed by atoms with Gasteiger partial charge in [-0.05, 0) is 26.8 Å². The van der Waals surface area contributed by atoms with Gasteiger partial charge in [-0.1, -0.05) is 127 Å². The van der Waals surface area contributed by atoms with E-state index in [-0.39, 0.29) is 0 Å². The lowest BCUT2D eigenvalue weighted by atomic mass is 10.1. The molecule has 0 saturated carbocycles. The van der Waals surface area contributed by atoms with Crippen LogP contribution in [0.1, 0.15) is 0 Å². The van der Waals surface area contributed by atoms with Crippen molar-refractivity contribution in [1.29, 1.82) is 0 Å². The van der Waals surface area contributed by atoms with E-state index < -0.39 is 8.07 Å². The molecule has 6 aromatic rings. The first-order valence-corrected chi connectivity index (χ1v) is 13.1. The molecule has 32 heavy (non-hydrogen) atoms. The standard InChI is InChI=1S/C30H23NSi/c1-4-13-23(14-5-1)32(24-15-6-2-7-16-24,25-17-8-3-9-18-25)29-22-12-20-27-26-19-10-11-21-28(26)31-30(27)29/h1-22,31H. The minimum atomic E-state index is -2.56. The zero-order valence-electron chi connectivity index (χ0n) is 17.7. The molecule has 0 aliphatic carbocycles. The number of fused-ring (bicyclic) bond motifs is 3. The molecule has 0 saturated heterocycles. The molecule has 0 atom stereocenters. The fourth-order valence-corrected chi connectivity index (χ4v) is 10.1. The highest BCUT2D eigenvalue weighted by atomic mass is 28.3. The van der Waals surface area contributed by atoms with E-state index in [2.05, 4.69) is 138 Å². The summed E-state index contributed by atoms with van der Waals surface area (Å²) in [4.78, 5) is 3.80. The molecule has 0 aliphatic rings. The van der Waals surface area contributed by atoms with Gasteiger partial charge in [-0.3, -0.25) is 0 Å². The summed E-state index contributed by atoms with van der Waals surface area (Å²) in [6.45, 7) is 0. The molecule has 5 aromatic carbocycles. The number of hydrogen-bond acceptors (Lipinski definition) is 0. The maximum Gasteiger partial charge on any atom is 0.181 e. The van der Waals surface area contributed by atoms with Gasteiger partial charge in [-0.15, -0.1) is 0 Å². The third kappa shape index (κ3) is 2.77. The van der Waals surface area contributed by atoms with Crippen LogP contribution < -0.4 is 20.7 Å². The van der Waals surface area contributed by atoms with E-state index in [1.54, 1.807) is 0 Å². The van der Waals surface area contributed by atoms with Crippen molar-refractivity contribution in [2.45, 2.75) is 0 Å². The zero-order valence-corrected chi connectivity index (χ0v) is 18.7. The Bertz CT molecular complexity index is 1410. The molecule has 1 aromatic heterocycles. The highest BCUT2D eigenvalue weighted by molar-refractivity contribution is 7.20. The molecule has 0 radical (unpaired) electrons. The third-order valence-corrected chi connectivity index (χ3v) is 11.4. The number of hydrogen-bond donors (Lipinski definition) is 1. The average molecular weight is 426 g/mol. The van der Waals surface area contributed by atoms with Crippen molar-refractivity contribution in [3.8, 4) is 0 Å². The average Bonchev–Trinajstić information content (AvgIpc) is 3.26. The highest BCUT2D eigenvalue weighted by Crippen LogP contribution is 2.25. The first-order valence-electron chi connectivity index (χ1n) is 11.1. The summed E-state index contributed by atoms with van der Waals surface area (Å²) in [5.74, 6) is 0. The minimum Gasteiger partial charge on any atom is -0.355 e. The van der Waals surface area contributed by atoms with Crippen molar-refractivity contribution < 1.29 is 0 Å². The Hall–Kier alpha value is -3.88. The molecule has 0 fully saturated rings. The van der Waals surface area contributed by atoms with E-state index in [0.29, 0.717) is 0 Å². The van der Waals surface area contributed by atoms with Crippen LogP contribution in [0.4, 0.5) is 0 Å². The van der Waals surface area contributed by atoms with Crippen molar-refractivity contribution in [1.82, 2.24) is 4.98 Å². The molecular formula is C30H23NSi. The monoisotopic (exact) mass is 425 g/mol. The SMILES string of the molecule is c1ccc([Si](c2ccccc2)(c2ccccc2)c2cccc3c2[nH]c2ccccc23)cc1. The number of benzene rings is 5. The molecule has 6 rings (SSSR count). The summed E-state index contributed by atoms with van der Waals surface area (Å²) < 4.78 is 0. The fraction of sp³-hybridized carbons (Fsp3) is 0. The van der Waals surface area contributed by atoms with E-state index in [1.165, 1.54) is 42.6 Å². The fourth-order valence-electron chi connectivity index (χ4n) is 5.22. The van der Waals surface area contributed by atoms with E-state index in [9.17, 15) is 0 Å². The van der Waals surface area contributed by atoms with Crippen LogP contribution in [0.15, 0.2) is 133 Å². The van der Waals surface area contributed by atoms with Crippen LogP contribution in [-0.4, -0.2) is 13.1 Å². The van der Waals surface area contributed by atoms with E-state index >= 15 is 0 Å². The Balaban J connectivity index is 1.82. The molecule has 0 unspecified atom stereocenters. The van der Waals surface area contributed by atoms with Gasteiger partial charge < -0.3 is 4.98 Å². The van der Waals surface area contributed by atoms with Crippen LogP contribution in [0.25, 0.3) is 21.8 Å². The number of nitrogens with one attached hydrogen (secondary N) is 1. The van der Waals surface area contributed by atoms with Crippen LogP contribution >= 0.6 is 0 Å². The Morgan fingerprint density at radius 3 is 1.44 bits per heavy atom. The summed E-state index contributed by atoms with van der Waals surface area (Å²) in [6.07, 6.45) is 0. The highest BCUT2D eigenvalue weighted by Gasteiger charge is 2.42. The van der Waals surface area contributed by atoms with E-state index in [4.69, 9.17) is 0 Å². The van der Waals surface area contributed by atoms with Gasteiger partial charge in [0.25, 0.3) is 0 Å². The van der Waals surface area contributed by atoms with Gasteiger partial charge in [-0.25, -0.2) is 0 Å². The van der Waals surface area contributed by atoms with Gasteiger partial charge in [0, 0.05) is 21.8 Å². The summed E-state index contributed by atoms with van der Waals surface area (Å²) in [5.41, 5.74) is 2.43. The zero-order chi connectivity index (χ0) is 21.4. The minimum absolute atomic E-state index is 1.19. The predicted octanol–water partition coefficient (Wildman–Crippen LogP) is 4.70. The van der Waals surface area contributed by atoms with Crippen LogP contribution in [-0.2, 0) is 0 Å². The first kappa shape index (κ1) is 18.9. The number of para-hydroxylation sites is 2. The van der Waals surface area contributed by atoms with Gasteiger partial charge in [-0.2, -0.15) is 0 Å². The molecular weight excluding hydrogens is 402 g/mol. The quantitative estimate of drug-likeness (QED) is 0.311. The van der Waals surface area contributed by atoms with E-state index in [0.717, 1.165) is 0 Å². The Kier molecular flexibility index (Phi) is 4.52. The number of rotatable bonds is 4. The second kappa shape index (κ2) is 7.67. The largest absolute Gasteiger partial charge is 0.355 e. The molecule has 1 heterocycles. The second-order valence-corrected chi connectivity index (χ2v) is 12.0. The van der Waals surface area contributed by atoms with Gasteiger partial charge >= 0.3 is 0 Å². The summed E-state index contributed by atoms with van der Waals surface area (Å²) in [6, 6.07) is 48.7. The summed E-state index contributed by atoms with van der Waals surface area (Å²) in [7, 11) is -2.56. The van der Waals surface area contributed by atoms with Crippen molar-refractivity contribution in [3.05, 3.63) is 133 Å². The van der Waals surface area contributed by atoms with Crippen LogP contribution in [0, 0.1) is 0 Å². The van der Waals surface area contributed by atoms with Crippen LogP contribution in [0.2, 0.25) is 0 Å². The van der Waals surface area contributed by atoms with Crippen LogP contribution in [0.3, 0.4) is 0 Å². The number of H-pyrrole nitrogens is 1. The number of aromatic amines is 1. The van der Waals surface area contributed by atoms with Crippen molar-refractivity contribution in [3.63, 3.8) is 0 Å². The van der Waals surface area contributed by atoms with Gasteiger partial charge in [0.2, 0.25) is 0 Å². The lowest BCUT2D eigenvalue weighted by Gasteiger charge is -2.34. The first-order chi connectivity index (χ1) is 15.9. The van der Waals surface area contributed by atoms with Crippen molar-refractivity contribution in [2.75, 3.05) is 0 Å². The van der Waals surface area contributed by atoms with Gasteiger partial charge in [0.05, 0.1) is 0 Å². The molecule has 0 aliphatic heterocycles. The normalized spacial score (nSPS) is 11.8. The molecule has 1 nitrogen and oxygen atoms in total. The van der Waals surface area contributed by atoms with Crippen LogP contribution in [0.5, 0.6) is 0 Å². The van der Waals surface area contributed by atoms with Crippen molar-refractivity contribution in [2.24, 2.45) is 0 Å². The smallest absolute Gasteiger partial charge is 0.181 e. The number of aromatic nitrogens is 1. The lowest BCUT2D eigenvalue weighted by molar-refractivity contribution is 1.55. The molecule has 0 bridgehead atoms. The van der Waals surface area contributed by atoms with Crippen molar-refractivity contribution >= 4 is 50.6 Å². The van der Waals surface area contributed by atoms with Gasteiger partial charge in [0.15, 0.2) is 8.07 Å². The van der Waals surface area contributed by atoms with Gasteiger partial charge in [0.1, 0.15) is 0 Å². The lowest BCUT2D eigenvalue weighted by Crippen LogP contribution is -2.74.